The van der Waals surface area contributed by atoms with Gasteiger partial charge in [0.25, 0.3) is 0 Å². The molecule has 0 aliphatic carbocycles. The maximum atomic E-state index is 13.3. The molecule has 1 N–H and O–H groups in total. The van der Waals surface area contributed by atoms with Gasteiger partial charge in [-0.25, -0.2) is 4.39 Å². The molecule has 1 aromatic carbocycles. The van der Waals surface area contributed by atoms with Crippen molar-refractivity contribution < 1.29 is 13.7 Å². The van der Waals surface area contributed by atoms with Gasteiger partial charge in [-0.1, -0.05) is 12.1 Å². The number of hydrogen-bond acceptors (Lipinski definition) is 4. The Morgan fingerprint density at radius 2 is 2.15 bits per heavy atom. The largest absolute Gasteiger partial charge is 0.488 e. The molecule has 0 fully saturated rings. The summed E-state index contributed by atoms with van der Waals surface area (Å²) in [5.74, 6) is 1.16. The summed E-state index contributed by atoms with van der Waals surface area (Å²) in [6.07, 6.45) is 0. The molecule has 0 bridgehead atoms. The van der Waals surface area contributed by atoms with E-state index in [1.54, 1.807) is 6.07 Å². The first-order valence-electron chi connectivity index (χ1n) is 6.65. The van der Waals surface area contributed by atoms with E-state index in [1.165, 1.54) is 12.1 Å². The van der Waals surface area contributed by atoms with Crippen LogP contribution in [0.2, 0.25) is 0 Å². The second kappa shape index (κ2) is 6.52. The summed E-state index contributed by atoms with van der Waals surface area (Å²) < 4.78 is 24.2. The molecule has 0 aliphatic heterocycles. The smallest absolute Gasteiger partial charge is 0.140 e. The summed E-state index contributed by atoms with van der Waals surface area (Å²) in [6, 6.07) is 4.55. The third-order valence-corrected chi connectivity index (χ3v) is 3.14. The highest BCUT2D eigenvalue weighted by molar-refractivity contribution is 5.34. The summed E-state index contributed by atoms with van der Waals surface area (Å²) in [6.45, 7) is 7.49. The van der Waals surface area contributed by atoms with Gasteiger partial charge in [0.15, 0.2) is 0 Å². The number of ether oxygens (including phenoxy) is 1. The summed E-state index contributed by atoms with van der Waals surface area (Å²) in [5, 5.41) is 7.06. The lowest BCUT2D eigenvalue weighted by molar-refractivity contribution is 0.297. The molecule has 20 heavy (non-hydrogen) atoms. The van der Waals surface area contributed by atoms with Crippen molar-refractivity contribution in [3.63, 3.8) is 0 Å². The number of aryl methyl sites for hydroxylation is 2. The molecule has 2 rings (SSSR count). The van der Waals surface area contributed by atoms with Crippen LogP contribution in [-0.4, -0.2) is 11.7 Å². The zero-order valence-electron chi connectivity index (χ0n) is 12.0. The van der Waals surface area contributed by atoms with Crippen LogP contribution in [0.4, 0.5) is 4.39 Å². The lowest BCUT2D eigenvalue weighted by atomic mass is 10.2. The number of nitrogens with one attached hydrogen (secondary N) is 1. The molecule has 0 saturated heterocycles. The average Bonchev–Trinajstić information content (AvgIpc) is 2.75. The van der Waals surface area contributed by atoms with Crippen LogP contribution in [0.5, 0.6) is 5.75 Å². The van der Waals surface area contributed by atoms with Crippen molar-refractivity contribution >= 4 is 0 Å². The second-order valence-corrected chi connectivity index (χ2v) is 4.62. The van der Waals surface area contributed by atoms with E-state index in [9.17, 15) is 4.39 Å². The van der Waals surface area contributed by atoms with E-state index in [4.69, 9.17) is 9.26 Å². The monoisotopic (exact) mass is 278 g/mol. The molecule has 5 heteroatoms. The summed E-state index contributed by atoms with van der Waals surface area (Å²) in [5.41, 5.74) is 2.56. The van der Waals surface area contributed by atoms with Crippen molar-refractivity contribution in [1.29, 1.82) is 0 Å². The first-order chi connectivity index (χ1) is 9.61. The van der Waals surface area contributed by atoms with Crippen molar-refractivity contribution in [3.8, 4) is 5.75 Å². The Balaban J connectivity index is 2.12. The summed E-state index contributed by atoms with van der Waals surface area (Å²) >= 11 is 0. The number of halogens is 1. The Hall–Kier alpha value is -1.88. The zero-order valence-corrected chi connectivity index (χ0v) is 12.0. The van der Waals surface area contributed by atoms with Crippen molar-refractivity contribution in [1.82, 2.24) is 10.5 Å². The van der Waals surface area contributed by atoms with E-state index < -0.39 is 0 Å². The molecule has 0 spiro atoms. The van der Waals surface area contributed by atoms with E-state index in [0.717, 1.165) is 29.1 Å². The van der Waals surface area contributed by atoms with Crippen LogP contribution < -0.4 is 10.1 Å². The number of aromatic nitrogens is 1. The van der Waals surface area contributed by atoms with Crippen molar-refractivity contribution in [2.75, 3.05) is 6.54 Å². The van der Waals surface area contributed by atoms with Crippen molar-refractivity contribution in [2.24, 2.45) is 0 Å². The highest BCUT2D eigenvalue weighted by atomic mass is 19.1. The lowest BCUT2D eigenvalue weighted by Crippen LogP contribution is -2.13. The first-order valence-corrected chi connectivity index (χ1v) is 6.65. The number of rotatable bonds is 6. The molecule has 1 aromatic heterocycles. The van der Waals surface area contributed by atoms with Crippen molar-refractivity contribution in [2.45, 2.75) is 33.9 Å². The molecule has 108 valence electrons. The predicted octanol–water partition coefficient (Wildman–Crippen LogP) is 3.12. The number of benzene rings is 1. The van der Waals surface area contributed by atoms with Crippen molar-refractivity contribution in [3.05, 3.63) is 46.6 Å². The van der Waals surface area contributed by atoms with Crippen LogP contribution in [0.3, 0.4) is 0 Å². The number of nitrogens with zero attached hydrogens (tertiary/aromatic N) is 1. The molecule has 0 aliphatic rings. The van der Waals surface area contributed by atoms with Gasteiger partial charge < -0.3 is 14.6 Å². The zero-order chi connectivity index (χ0) is 14.5. The van der Waals surface area contributed by atoms with E-state index in [2.05, 4.69) is 10.5 Å². The lowest BCUT2D eigenvalue weighted by Gasteiger charge is -2.12. The van der Waals surface area contributed by atoms with E-state index in [-0.39, 0.29) is 5.82 Å². The van der Waals surface area contributed by atoms with Gasteiger partial charge in [0.1, 0.15) is 23.9 Å². The van der Waals surface area contributed by atoms with Gasteiger partial charge in [0.05, 0.1) is 11.3 Å². The van der Waals surface area contributed by atoms with E-state index in [1.807, 2.05) is 20.8 Å². The van der Waals surface area contributed by atoms with Crippen LogP contribution in [0.15, 0.2) is 22.7 Å². The van der Waals surface area contributed by atoms with Gasteiger partial charge in [-0.2, -0.15) is 0 Å². The molecular formula is C15H19FN2O2. The first kappa shape index (κ1) is 14.5. The molecule has 0 unspecified atom stereocenters. The van der Waals surface area contributed by atoms with Crippen LogP contribution in [-0.2, 0) is 13.2 Å². The minimum absolute atomic E-state index is 0.261. The topological polar surface area (TPSA) is 47.3 Å². The van der Waals surface area contributed by atoms with E-state index >= 15 is 0 Å². The third-order valence-electron chi connectivity index (χ3n) is 3.14. The fourth-order valence-electron chi connectivity index (χ4n) is 1.94. The Morgan fingerprint density at radius 3 is 2.80 bits per heavy atom. The highest BCUT2D eigenvalue weighted by Crippen LogP contribution is 2.22. The quantitative estimate of drug-likeness (QED) is 0.882. The molecule has 2 aromatic rings. The molecule has 4 nitrogen and oxygen atoms in total. The molecule has 0 saturated carbocycles. The van der Waals surface area contributed by atoms with Gasteiger partial charge >= 0.3 is 0 Å². The Morgan fingerprint density at radius 1 is 1.35 bits per heavy atom. The molecule has 0 radical (unpaired) electrons. The molecule has 1 heterocycles. The van der Waals surface area contributed by atoms with Gasteiger partial charge in [0, 0.05) is 12.1 Å². The minimum Gasteiger partial charge on any atom is -0.488 e. The molecular weight excluding hydrogens is 259 g/mol. The minimum atomic E-state index is -0.261. The number of hydrogen-bond donors (Lipinski definition) is 1. The Bertz CT molecular complexity index is 562. The van der Waals surface area contributed by atoms with Gasteiger partial charge in [-0.3, -0.25) is 0 Å². The normalized spacial score (nSPS) is 10.8. The third kappa shape index (κ3) is 3.36. The second-order valence-electron chi connectivity index (χ2n) is 4.62. The predicted molar refractivity (Wildman–Crippen MR) is 74.1 cm³/mol. The Kier molecular flexibility index (Phi) is 4.74. The summed E-state index contributed by atoms with van der Waals surface area (Å²) in [4.78, 5) is 0. The van der Waals surface area contributed by atoms with Gasteiger partial charge in [0.2, 0.25) is 0 Å². The fourth-order valence-corrected chi connectivity index (χ4v) is 1.94. The van der Waals surface area contributed by atoms with Gasteiger partial charge in [-0.15, -0.1) is 0 Å². The molecule has 0 atom stereocenters. The average molecular weight is 278 g/mol. The Labute approximate surface area is 117 Å². The standard InChI is InChI=1S/C15H19FN2O2/c1-4-17-8-12-7-13(16)5-6-15(12)19-9-14-10(2)18-20-11(14)3/h5-7,17H,4,8-9H2,1-3H3. The SMILES string of the molecule is CCNCc1cc(F)ccc1OCc1c(C)noc1C. The van der Waals surface area contributed by atoms with Crippen LogP contribution in [0.25, 0.3) is 0 Å². The van der Waals surface area contributed by atoms with Crippen LogP contribution >= 0.6 is 0 Å². The van der Waals surface area contributed by atoms with E-state index in [0.29, 0.717) is 18.9 Å². The highest BCUT2D eigenvalue weighted by Gasteiger charge is 2.11. The van der Waals surface area contributed by atoms with Crippen LogP contribution in [0.1, 0.15) is 29.5 Å². The maximum absolute atomic E-state index is 13.3. The summed E-state index contributed by atoms with van der Waals surface area (Å²) in [7, 11) is 0. The maximum Gasteiger partial charge on any atom is 0.140 e. The van der Waals surface area contributed by atoms with Gasteiger partial charge in [-0.05, 0) is 38.6 Å². The fraction of sp³-hybridized carbons (Fsp3) is 0.400. The molecule has 0 amide bonds. The van der Waals surface area contributed by atoms with Crippen LogP contribution in [0, 0.1) is 19.7 Å².